The van der Waals surface area contributed by atoms with Crippen molar-refractivity contribution in [2.75, 3.05) is 13.1 Å². The number of likely N-dealkylation sites (tertiary alicyclic amines) is 1. The topological polar surface area (TPSA) is 60.8 Å². The molecular weight excluding hydrogens is 229 g/mol. The van der Waals surface area contributed by atoms with Gasteiger partial charge in [0.25, 0.3) is 0 Å². The van der Waals surface area contributed by atoms with E-state index in [4.69, 9.17) is 10.0 Å². The van der Waals surface area contributed by atoms with Gasteiger partial charge in [-0.05, 0) is 24.0 Å². The van der Waals surface area contributed by atoms with E-state index in [-0.39, 0.29) is 17.6 Å². The van der Waals surface area contributed by atoms with Crippen molar-refractivity contribution >= 4 is 13.0 Å². The Morgan fingerprint density at radius 2 is 2.11 bits per heavy atom. The van der Waals surface area contributed by atoms with E-state index in [1.165, 1.54) is 5.56 Å². The summed E-state index contributed by atoms with van der Waals surface area (Å²) in [5, 5.41) is 18.3. The molecule has 94 valence electrons. The summed E-state index contributed by atoms with van der Waals surface area (Å²) in [6.07, 6.45) is 1.50. The van der Waals surface area contributed by atoms with E-state index in [1.807, 2.05) is 18.2 Å². The van der Waals surface area contributed by atoms with Crippen molar-refractivity contribution in [1.82, 2.24) is 4.90 Å². The number of carbonyl (C=O) groups is 1. The predicted octanol–water partition coefficient (Wildman–Crippen LogP) is 0.402. The first-order chi connectivity index (χ1) is 8.66. The third-order valence-corrected chi connectivity index (χ3v) is 4.11. The maximum atomic E-state index is 12.3. The van der Waals surface area contributed by atoms with Crippen molar-refractivity contribution < 1.29 is 14.8 Å². The zero-order chi connectivity index (χ0) is 12.7. The van der Waals surface area contributed by atoms with Crippen LogP contribution in [0.2, 0.25) is 5.82 Å². The number of carbonyl (C=O) groups excluding carboxylic acids is 1. The van der Waals surface area contributed by atoms with E-state index in [0.717, 1.165) is 12.0 Å². The molecule has 3 rings (SSSR count). The number of fused-ring (bicyclic) bond motifs is 1. The highest BCUT2D eigenvalue weighted by atomic mass is 16.4. The second-order valence-electron chi connectivity index (χ2n) is 5.20. The zero-order valence-electron chi connectivity index (χ0n) is 10.1. The van der Waals surface area contributed by atoms with Crippen molar-refractivity contribution in [3.05, 3.63) is 35.4 Å². The third-order valence-electron chi connectivity index (χ3n) is 4.11. The van der Waals surface area contributed by atoms with Crippen LogP contribution in [0, 0.1) is 0 Å². The maximum absolute atomic E-state index is 12.3. The smallest absolute Gasteiger partial charge is 0.427 e. The number of hydrogen-bond acceptors (Lipinski definition) is 3. The highest BCUT2D eigenvalue weighted by Crippen LogP contribution is 2.37. The van der Waals surface area contributed by atoms with Gasteiger partial charge in [0.2, 0.25) is 5.91 Å². The van der Waals surface area contributed by atoms with Crippen LogP contribution in [0.1, 0.15) is 23.5 Å². The first-order valence-electron chi connectivity index (χ1n) is 6.39. The summed E-state index contributed by atoms with van der Waals surface area (Å²) in [5.41, 5.74) is 2.39. The van der Waals surface area contributed by atoms with E-state index in [0.29, 0.717) is 19.5 Å². The van der Waals surface area contributed by atoms with Gasteiger partial charge in [0.05, 0.1) is 5.92 Å². The molecular formula is C13H16BNO3. The van der Waals surface area contributed by atoms with E-state index in [2.05, 4.69) is 6.07 Å². The summed E-state index contributed by atoms with van der Waals surface area (Å²) in [4.78, 5) is 14.1. The maximum Gasteiger partial charge on any atom is 0.456 e. The monoisotopic (exact) mass is 245 g/mol. The van der Waals surface area contributed by atoms with Gasteiger partial charge in [-0.2, -0.15) is 0 Å². The Bertz CT molecular complexity index is 477. The SMILES string of the molecule is O=C(C1Cc2ccccc21)N1CCC(B(O)O)C1. The zero-order valence-corrected chi connectivity index (χ0v) is 10.1. The van der Waals surface area contributed by atoms with Crippen molar-refractivity contribution in [2.24, 2.45) is 0 Å². The van der Waals surface area contributed by atoms with E-state index >= 15 is 0 Å². The lowest BCUT2D eigenvalue weighted by Crippen LogP contribution is -2.38. The third kappa shape index (κ3) is 1.83. The number of hydrogen-bond donors (Lipinski definition) is 2. The molecule has 1 saturated heterocycles. The van der Waals surface area contributed by atoms with Gasteiger partial charge in [0.1, 0.15) is 0 Å². The Morgan fingerprint density at radius 3 is 2.78 bits per heavy atom. The fraction of sp³-hybridized carbons (Fsp3) is 0.462. The Hall–Kier alpha value is -1.33. The van der Waals surface area contributed by atoms with Crippen LogP contribution in [-0.2, 0) is 11.2 Å². The Morgan fingerprint density at radius 1 is 1.33 bits per heavy atom. The molecule has 2 atom stereocenters. The molecule has 1 amide bonds. The molecule has 0 aromatic heterocycles. The molecule has 1 heterocycles. The quantitative estimate of drug-likeness (QED) is 0.741. The Balaban J connectivity index is 1.68. The molecule has 0 radical (unpaired) electrons. The van der Waals surface area contributed by atoms with Crippen LogP contribution >= 0.6 is 0 Å². The minimum Gasteiger partial charge on any atom is -0.427 e. The fourth-order valence-electron chi connectivity index (χ4n) is 2.93. The average molecular weight is 245 g/mol. The lowest BCUT2D eigenvalue weighted by Gasteiger charge is -2.32. The minimum atomic E-state index is -1.31. The Kier molecular flexibility index (Phi) is 2.88. The Labute approximate surface area is 106 Å². The van der Waals surface area contributed by atoms with Gasteiger partial charge in [-0.15, -0.1) is 0 Å². The number of rotatable bonds is 2. The standard InChI is InChI=1S/C13H16BNO3/c16-13(15-6-5-10(8-15)14(17)18)12-7-9-3-1-2-4-11(9)12/h1-4,10,12,17-18H,5-8H2. The van der Waals surface area contributed by atoms with Crippen LogP contribution in [0.5, 0.6) is 0 Å². The lowest BCUT2D eigenvalue weighted by molar-refractivity contribution is -0.132. The van der Waals surface area contributed by atoms with Crippen LogP contribution in [0.4, 0.5) is 0 Å². The van der Waals surface area contributed by atoms with Crippen molar-refractivity contribution in [2.45, 2.75) is 24.6 Å². The summed E-state index contributed by atoms with van der Waals surface area (Å²) in [6, 6.07) is 8.02. The van der Waals surface area contributed by atoms with Gasteiger partial charge in [0.15, 0.2) is 0 Å². The van der Waals surface area contributed by atoms with Gasteiger partial charge < -0.3 is 14.9 Å². The van der Waals surface area contributed by atoms with Gasteiger partial charge in [-0.1, -0.05) is 24.3 Å². The van der Waals surface area contributed by atoms with Crippen molar-refractivity contribution in [3.8, 4) is 0 Å². The van der Waals surface area contributed by atoms with Crippen LogP contribution in [0.15, 0.2) is 24.3 Å². The molecule has 1 aliphatic carbocycles. The molecule has 0 bridgehead atoms. The average Bonchev–Trinajstić information content (AvgIpc) is 2.80. The first-order valence-corrected chi connectivity index (χ1v) is 6.39. The largest absolute Gasteiger partial charge is 0.456 e. The summed E-state index contributed by atoms with van der Waals surface area (Å²) in [5.74, 6) is -0.0723. The molecule has 1 aromatic carbocycles. The van der Waals surface area contributed by atoms with Crippen LogP contribution in [0.3, 0.4) is 0 Å². The predicted molar refractivity (Wildman–Crippen MR) is 68.0 cm³/mol. The summed E-state index contributed by atoms with van der Waals surface area (Å²) in [6.45, 7) is 1.11. The molecule has 5 heteroatoms. The molecule has 0 spiro atoms. The van der Waals surface area contributed by atoms with Gasteiger partial charge in [-0.25, -0.2) is 0 Å². The molecule has 2 aliphatic rings. The number of nitrogens with zero attached hydrogens (tertiary/aromatic N) is 1. The second-order valence-corrected chi connectivity index (χ2v) is 5.20. The van der Waals surface area contributed by atoms with Crippen molar-refractivity contribution in [1.29, 1.82) is 0 Å². The van der Waals surface area contributed by atoms with E-state index in [1.54, 1.807) is 4.90 Å². The van der Waals surface area contributed by atoms with E-state index < -0.39 is 7.12 Å². The molecule has 2 N–H and O–H groups in total. The fourth-order valence-corrected chi connectivity index (χ4v) is 2.93. The normalized spacial score (nSPS) is 25.6. The molecule has 1 aliphatic heterocycles. The highest BCUT2D eigenvalue weighted by Gasteiger charge is 2.39. The van der Waals surface area contributed by atoms with Crippen LogP contribution < -0.4 is 0 Å². The van der Waals surface area contributed by atoms with E-state index in [9.17, 15) is 4.79 Å². The molecule has 0 saturated carbocycles. The minimum absolute atomic E-state index is 0.0178. The van der Waals surface area contributed by atoms with Gasteiger partial charge in [0, 0.05) is 18.9 Å². The lowest BCUT2D eigenvalue weighted by atomic mass is 9.72. The molecule has 2 unspecified atom stereocenters. The number of benzene rings is 1. The summed E-state index contributed by atoms with van der Waals surface area (Å²) >= 11 is 0. The molecule has 1 fully saturated rings. The second kappa shape index (κ2) is 4.41. The highest BCUT2D eigenvalue weighted by molar-refractivity contribution is 6.43. The summed E-state index contributed by atoms with van der Waals surface area (Å²) < 4.78 is 0. The van der Waals surface area contributed by atoms with Gasteiger partial charge in [-0.3, -0.25) is 4.79 Å². The van der Waals surface area contributed by atoms with Gasteiger partial charge >= 0.3 is 7.12 Å². The van der Waals surface area contributed by atoms with Crippen LogP contribution in [0.25, 0.3) is 0 Å². The summed E-state index contributed by atoms with van der Waals surface area (Å²) in [7, 11) is -1.31. The van der Waals surface area contributed by atoms with Crippen molar-refractivity contribution in [3.63, 3.8) is 0 Å². The first kappa shape index (κ1) is 11.7. The van der Waals surface area contributed by atoms with Crippen LogP contribution in [-0.4, -0.2) is 41.1 Å². The molecule has 4 nitrogen and oxygen atoms in total. The number of amides is 1. The molecule has 1 aromatic rings. The molecule has 18 heavy (non-hydrogen) atoms.